The van der Waals surface area contributed by atoms with E-state index in [1.54, 1.807) is 6.08 Å². The average molecular weight is 779 g/mol. The molecule has 0 bridgehead atoms. The van der Waals surface area contributed by atoms with Crippen molar-refractivity contribution < 1.29 is 24.2 Å². The first kappa shape index (κ1) is 53.1. The number of carbonyl (C=O) groups is 2. The van der Waals surface area contributed by atoms with E-state index in [2.05, 4.69) is 86.8 Å². The Balaban J connectivity index is 3.57. The molecule has 0 saturated carbocycles. The molecule has 0 aromatic rings. The normalized spacial score (nSPS) is 13.0. The minimum Gasteiger partial charge on any atom is -0.462 e. The second-order valence-corrected chi connectivity index (χ2v) is 15.1. The van der Waals surface area contributed by atoms with Crippen LogP contribution in [0.3, 0.4) is 0 Å². The molecule has 0 heterocycles. The van der Waals surface area contributed by atoms with Crippen LogP contribution in [-0.4, -0.2) is 36.4 Å². The van der Waals surface area contributed by atoms with Gasteiger partial charge in [-0.25, -0.2) is 0 Å². The second-order valence-electron chi connectivity index (χ2n) is 15.1. The fourth-order valence-electron chi connectivity index (χ4n) is 6.25. The second kappa shape index (κ2) is 46.5. The van der Waals surface area contributed by atoms with Gasteiger partial charge in [-0.1, -0.05) is 208 Å². The van der Waals surface area contributed by atoms with Gasteiger partial charge in [-0.3, -0.25) is 9.59 Å². The van der Waals surface area contributed by atoms with Gasteiger partial charge in [0.25, 0.3) is 0 Å². The summed E-state index contributed by atoms with van der Waals surface area (Å²) in [4.78, 5) is 24.3. The maximum Gasteiger partial charge on any atom is 0.310 e. The minimum atomic E-state index is -0.829. The number of aliphatic hydroxyl groups excluding tert-OH is 1. The Morgan fingerprint density at radius 3 is 1.25 bits per heavy atom. The molecule has 0 spiro atoms. The van der Waals surface area contributed by atoms with Crippen molar-refractivity contribution in [3.05, 3.63) is 85.1 Å². The first-order chi connectivity index (χ1) is 27.6. The fourth-order valence-corrected chi connectivity index (χ4v) is 6.25. The predicted octanol–water partition coefficient (Wildman–Crippen LogP) is 15.1. The van der Waals surface area contributed by atoms with Gasteiger partial charge in [0.15, 0.2) is 6.10 Å². The van der Waals surface area contributed by atoms with Crippen LogP contribution in [0.15, 0.2) is 85.1 Å². The van der Waals surface area contributed by atoms with Crippen molar-refractivity contribution in [1.82, 2.24) is 0 Å². The number of hydrogen-bond acceptors (Lipinski definition) is 5. The molecule has 1 unspecified atom stereocenters. The zero-order valence-corrected chi connectivity index (χ0v) is 36.4. The number of allylic oxidation sites excluding steroid dienone is 13. The molecule has 1 N–H and O–H groups in total. The van der Waals surface area contributed by atoms with E-state index >= 15 is 0 Å². The topological polar surface area (TPSA) is 72.8 Å². The number of ether oxygens (including phenoxy) is 2. The first-order valence-corrected chi connectivity index (χ1v) is 23.1. The lowest BCUT2D eigenvalue weighted by Crippen LogP contribution is -2.28. The van der Waals surface area contributed by atoms with Gasteiger partial charge < -0.3 is 14.6 Å². The SMILES string of the molecule is CC/C=C\C/C=C\C/C=C\C/C=C\C/C=C\CC(=O)OC(CO)COC(=O)CCCCCCCCCCCCCCCCC/C=C\C/C=C\CCCCCCC. The Labute approximate surface area is 346 Å². The van der Waals surface area contributed by atoms with Crippen molar-refractivity contribution >= 4 is 11.9 Å². The summed E-state index contributed by atoms with van der Waals surface area (Å²) in [7, 11) is 0. The van der Waals surface area contributed by atoms with Crippen LogP contribution in [0.25, 0.3) is 0 Å². The van der Waals surface area contributed by atoms with Crippen LogP contribution in [0, 0.1) is 0 Å². The number of aliphatic hydroxyl groups is 1. The molecule has 0 radical (unpaired) electrons. The molecule has 0 aromatic heterocycles. The van der Waals surface area contributed by atoms with Gasteiger partial charge in [0, 0.05) is 6.42 Å². The van der Waals surface area contributed by atoms with Crippen LogP contribution >= 0.6 is 0 Å². The lowest BCUT2D eigenvalue weighted by molar-refractivity contribution is -0.160. The lowest BCUT2D eigenvalue weighted by atomic mass is 10.0. The van der Waals surface area contributed by atoms with Crippen LogP contribution < -0.4 is 0 Å². The standard InChI is InChI=1S/C51H86O5/c1-3-5-7-9-11-13-15-17-19-20-21-22-23-24-25-26-27-28-29-30-32-33-35-37-39-41-43-45-50(53)55-48-49(47-52)56-51(54)46-44-42-40-38-36-34-31-18-16-14-12-10-8-6-4-2/h6,8,12,14-15,17-18,20-21,31,36,38,42,44,49,52H,3-5,7,9-11,13,16,19,22-30,32-35,37,39-41,43,45-48H2,1-2H3/b8-6-,14-12-,17-15-,21-20-,31-18-,38-36-,44-42-. The summed E-state index contributed by atoms with van der Waals surface area (Å²) in [5.41, 5.74) is 0. The molecule has 0 aromatic carbocycles. The Morgan fingerprint density at radius 2 is 0.821 bits per heavy atom. The molecule has 0 aliphatic carbocycles. The number of hydrogen-bond donors (Lipinski definition) is 1. The van der Waals surface area contributed by atoms with E-state index < -0.39 is 12.1 Å². The van der Waals surface area contributed by atoms with Crippen molar-refractivity contribution in [2.24, 2.45) is 0 Å². The van der Waals surface area contributed by atoms with E-state index in [4.69, 9.17) is 9.47 Å². The Bertz CT molecular complexity index is 1060. The van der Waals surface area contributed by atoms with Crippen LogP contribution in [0.2, 0.25) is 0 Å². The summed E-state index contributed by atoms with van der Waals surface area (Å²) in [5, 5.41) is 9.56. The smallest absolute Gasteiger partial charge is 0.310 e. The number of carbonyl (C=O) groups excluding carboxylic acids is 2. The van der Waals surface area contributed by atoms with Gasteiger partial charge in [0.1, 0.15) is 6.61 Å². The van der Waals surface area contributed by atoms with Gasteiger partial charge in [-0.2, -0.15) is 0 Å². The highest BCUT2D eigenvalue weighted by Crippen LogP contribution is 2.15. The quantitative estimate of drug-likeness (QED) is 0.0380. The van der Waals surface area contributed by atoms with E-state index in [9.17, 15) is 14.7 Å². The maximum atomic E-state index is 12.1. The van der Waals surface area contributed by atoms with Crippen LogP contribution in [-0.2, 0) is 19.1 Å². The molecular formula is C51H86O5. The maximum absolute atomic E-state index is 12.1. The summed E-state index contributed by atoms with van der Waals surface area (Å²) >= 11 is 0. The van der Waals surface area contributed by atoms with Crippen molar-refractivity contribution in [2.75, 3.05) is 13.2 Å². The van der Waals surface area contributed by atoms with Crippen LogP contribution in [0.1, 0.15) is 206 Å². The molecule has 0 saturated heterocycles. The molecule has 320 valence electrons. The molecule has 0 amide bonds. The monoisotopic (exact) mass is 779 g/mol. The van der Waals surface area contributed by atoms with E-state index in [-0.39, 0.29) is 25.6 Å². The molecule has 5 heteroatoms. The van der Waals surface area contributed by atoms with Crippen molar-refractivity contribution in [1.29, 1.82) is 0 Å². The minimum absolute atomic E-state index is 0.109. The molecule has 5 nitrogen and oxygen atoms in total. The molecule has 0 aliphatic heterocycles. The molecule has 56 heavy (non-hydrogen) atoms. The van der Waals surface area contributed by atoms with E-state index in [1.807, 2.05) is 6.08 Å². The molecule has 1 atom stereocenters. The van der Waals surface area contributed by atoms with Crippen LogP contribution in [0.5, 0.6) is 0 Å². The summed E-state index contributed by atoms with van der Waals surface area (Å²) in [6, 6.07) is 0. The summed E-state index contributed by atoms with van der Waals surface area (Å²) in [6.07, 6.45) is 64.1. The largest absolute Gasteiger partial charge is 0.462 e. The average Bonchev–Trinajstić information content (AvgIpc) is 3.20. The van der Waals surface area contributed by atoms with Crippen molar-refractivity contribution in [3.63, 3.8) is 0 Å². The van der Waals surface area contributed by atoms with Crippen molar-refractivity contribution in [3.8, 4) is 0 Å². The highest BCUT2D eigenvalue weighted by atomic mass is 16.6. The van der Waals surface area contributed by atoms with Gasteiger partial charge in [-0.05, 0) is 70.6 Å². The highest BCUT2D eigenvalue weighted by Gasteiger charge is 2.15. The molecule has 0 fully saturated rings. The van der Waals surface area contributed by atoms with E-state index in [0.717, 1.165) is 57.8 Å². The highest BCUT2D eigenvalue weighted by molar-refractivity contribution is 5.71. The van der Waals surface area contributed by atoms with Gasteiger partial charge in [0.05, 0.1) is 13.0 Å². The van der Waals surface area contributed by atoms with Gasteiger partial charge in [0.2, 0.25) is 0 Å². The number of unbranched alkanes of at least 4 members (excludes halogenated alkanes) is 20. The first-order valence-electron chi connectivity index (χ1n) is 23.1. The summed E-state index contributed by atoms with van der Waals surface area (Å²) in [5.74, 6) is -0.740. The third-order valence-electron chi connectivity index (χ3n) is 9.71. The molecule has 0 rings (SSSR count). The lowest BCUT2D eigenvalue weighted by Gasteiger charge is -2.15. The van der Waals surface area contributed by atoms with Gasteiger partial charge >= 0.3 is 11.9 Å². The number of esters is 2. The predicted molar refractivity (Wildman–Crippen MR) is 242 cm³/mol. The van der Waals surface area contributed by atoms with Crippen LogP contribution in [0.4, 0.5) is 0 Å². The summed E-state index contributed by atoms with van der Waals surface area (Å²) in [6.45, 7) is 3.93. The Hall–Kier alpha value is -2.92. The third kappa shape index (κ3) is 43.8. The zero-order chi connectivity index (χ0) is 40.7. The Kier molecular flexibility index (Phi) is 44.0. The zero-order valence-electron chi connectivity index (χ0n) is 36.4. The van der Waals surface area contributed by atoms with Gasteiger partial charge in [-0.15, -0.1) is 0 Å². The fraction of sp³-hybridized carbons (Fsp3) is 0.686. The number of rotatable bonds is 41. The van der Waals surface area contributed by atoms with Crippen molar-refractivity contribution in [2.45, 2.75) is 213 Å². The molecular weight excluding hydrogens is 693 g/mol. The summed E-state index contributed by atoms with van der Waals surface area (Å²) < 4.78 is 10.5. The van der Waals surface area contributed by atoms with E-state index in [1.165, 1.54) is 122 Å². The third-order valence-corrected chi connectivity index (χ3v) is 9.71. The van der Waals surface area contributed by atoms with E-state index in [0.29, 0.717) is 6.42 Å². The Morgan fingerprint density at radius 1 is 0.446 bits per heavy atom. The molecule has 0 aliphatic rings.